The first-order chi connectivity index (χ1) is 9.06. The summed E-state index contributed by atoms with van der Waals surface area (Å²) in [6.07, 6.45) is 3.69. The first kappa shape index (κ1) is 16.5. The summed E-state index contributed by atoms with van der Waals surface area (Å²) < 4.78 is 0. The van der Waals surface area contributed by atoms with Crippen LogP contribution in [0, 0.1) is 11.3 Å². The van der Waals surface area contributed by atoms with E-state index in [0.717, 1.165) is 13.1 Å². The van der Waals surface area contributed by atoms with E-state index in [1.807, 2.05) is 27.7 Å². The lowest BCUT2D eigenvalue weighted by Gasteiger charge is -2.54. The Morgan fingerprint density at radius 2 is 1.68 bits per heavy atom. The predicted octanol–water partition coefficient (Wildman–Crippen LogP) is 3.00. The molecule has 2 saturated heterocycles. The summed E-state index contributed by atoms with van der Waals surface area (Å²) in [4.78, 5) is 16.5. The molecule has 0 unspecified atom stereocenters. The Morgan fingerprint density at radius 3 is 2.11 bits per heavy atom. The summed E-state index contributed by atoms with van der Waals surface area (Å²) in [5.74, 6) is 0.492. The second kappa shape index (κ2) is 7.28. The lowest BCUT2D eigenvalue weighted by molar-refractivity contribution is -0.139. The van der Waals surface area contributed by atoms with Crippen LogP contribution in [0.15, 0.2) is 0 Å². The SMILES string of the molecule is CC.CCCN1CC2(CCN(C(=O)C(C)C)CC2)C1. The number of hydrogen-bond acceptors (Lipinski definition) is 2. The highest BCUT2D eigenvalue weighted by Gasteiger charge is 2.44. The van der Waals surface area contributed by atoms with Crippen LogP contribution in [0.3, 0.4) is 0 Å². The summed E-state index contributed by atoms with van der Waals surface area (Å²) in [6.45, 7) is 16.0. The molecule has 2 aliphatic heterocycles. The van der Waals surface area contributed by atoms with Crippen molar-refractivity contribution >= 4 is 5.91 Å². The number of hydrogen-bond donors (Lipinski definition) is 0. The van der Waals surface area contributed by atoms with Gasteiger partial charge >= 0.3 is 0 Å². The minimum atomic E-state index is 0.155. The van der Waals surface area contributed by atoms with Gasteiger partial charge in [-0.2, -0.15) is 0 Å². The van der Waals surface area contributed by atoms with E-state index in [4.69, 9.17) is 0 Å². The predicted molar refractivity (Wildman–Crippen MR) is 81.2 cm³/mol. The van der Waals surface area contributed by atoms with Crippen molar-refractivity contribution in [2.24, 2.45) is 11.3 Å². The van der Waals surface area contributed by atoms with Gasteiger partial charge in [-0.15, -0.1) is 0 Å². The van der Waals surface area contributed by atoms with E-state index >= 15 is 0 Å². The highest BCUT2D eigenvalue weighted by atomic mass is 16.2. The fourth-order valence-corrected chi connectivity index (χ4v) is 3.26. The number of rotatable bonds is 3. The smallest absolute Gasteiger partial charge is 0.225 e. The van der Waals surface area contributed by atoms with Crippen molar-refractivity contribution in [2.75, 3.05) is 32.7 Å². The van der Waals surface area contributed by atoms with Crippen LogP contribution in [0.5, 0.6) is 0 Å². The summed E-state index contributed by atoms with van der Waals surface area (Å²) in [7, 11) is 0. The van der Waals surface area contributed by atoms with E-state index < -0.39 is 0 Å². The maximum atomic E-state index is 11.9. The average molecular weight is 268 g/mol. The minimum absolute atomic E-state index is 0.155. The van der Waals surface area contributed by atoms with Gasteiger partial charge in [0.05, 0.1) is 0 Å². The third-order valence-corrected chi connectivity index (χ3v) is 4.29. The third kappa shape index (κ3) is 3.95. The maximum absolute atomic E-state index is 11.9. The summed E-state index contributed by atoms with van der Waals surface area (Å²) >= 11 is 0. The molecule has 0 aromatic carbocycles. The van der Waals surface area contributed by atoms with Gasteiger partial charge in [-0.25, -0.2) is 0 Å². The maximum Gasteiger partial charge on any atom is 0.225 e. The lowest BCUT2D eigenvalue weighted by atomic mass is 9.72. The molecule has 3 nitrogen and oxygen atoms in total. The van der Waals surface area contributed by atoms with Gasteiger partial charge in [0, 0.05) is 32.1 Å². The molecular formula is C16H32N2O. The van der Waals surface area contributed by atoms with Gasteiger partial charge in [0.25, 0.3) is 0 Å². The van der Waals surface area contributed by atoms with Crippen LogP contribution in [0.4, 0.5) is 0 Å². The molecule has 0 aromatic heterocycles. The van der Waals surface area contributed by atoms with Crippen molar-refractivity contribution in [2.45, 2.75) is 53.9 Å². The highest BCUT2D eigenvalue weighted by molar-refractivity contribution is 5.78. The fourth-order valence-electron chi connectivity index (χ4n) is 3.26. The molecule has 2 rings (SSSR count). The van der Waals surface area contributed by atoms with Crippen LogP contribution in [0.25, 0.3) is 0 Å². The van der Waals surface area contributed by atoms with Gasteiger partial charge in [0.15, 0.2) is 0 Å². The van der Waals surface area contributed by atoms with E-state index in [1.54, 1.807) is 0 Å². The van der Waals surface area contributed by atoms with Gasteiger partial charge < -0.3 is 9.80 Å². The first-order valence-corrected chi connectivity index (χ1v) is 8.07. The van der Waals surface area contributed by atoms with Crippen LogP contribution < -0.4 is 0 Å². The van der Waals surface area contributed by atoms with Crippen molar-refractivity contribution < 1.29 is 4.79 Å². The molecule has 0 aliphatic carbocycles. The molecule has 0 atom stereocenters. The topological polar surface area (TPSA) is 23.6 Å². The number of piperidine rings is 1. The van der Waals surface area contributed by atoms with E-state index in [2.05, 4.69) is 16.7 Å². The first-order valence-electron chi connectivity index (χ1n) is 8.07. The zero-order chi connectivity index (χ0) is 14.5. The Bertz CT molecular complexity index is 272. The third-order valence-electron chi connectivity index (χ3n) is 4.29. The van der Waals surface area contributed by atoms with Crippen LogP contribution in [-0.4, -0.2) is 48.4 Å². The van der Waals surface area contributed by atoms with Crippen molar-refractivity contribution in [1.29, 1.82) is 0 Å². The summed E-state index contributed by atoms with van der Waals surface area (Å²) in [5.41, 5.74) is 0.558. The van der Waals surface area contributed by atoms with Crippen LogP contribution in [0.1, 0.15) is 53.9 Å². The van der Waals surface area contributed by atoms with Gasteiger partial charge in [-0.1, -0.05) is 34.6 Å². The molecular weight excluding hydrogens is 236 g/mol. The van der Waals surface area contributed by atoms with Crippen molar-refractivity contribution in [1.82, 2.24) is 9.80 Å². The quantitative estimate of drug-likeness (QED) is 0.785. The molecule has 1 amide bonds. The van der Waals surface area contributed by atoms with Crippen LogP contribution in [0.2, 0.25) is 0 Å². The summed E-state index contributed by atoms with van der Waals surface area (Å²) in [5, 5.41) is 0. The molecule has 0 radical (unpaired) electrons. The van der Waals surface area contributed by atoms with E-state index in [1.165, 1.54) is 38.9 Å². The van der Waals surface area contributed by atoms with Crippen molar-refractivity contribution in [3.63, 3.8) is 0 Å². The Labute approximate surface area is 119 Å². The number of likely N-dealkylation sites (tertiary alicyclic amines) is 2. The molecule has 0 aromatic rings. The van der Waals surface area contributed by atoms with Crippen LogP contribution >= 0.6 is 0 Å². The van der Waals surface area contributed by atoms with E-state index in [0.29, 0.717) is 11.3 Å². The molecule has 2 aliphatic rings. The number of carbonyl (C=O) groups is 1. The monoisotopic (exact) mass is 268 g/mol. The normalized spacial score (nSPS) is 21.9. The van der Waals surface area contributed by atoms with Crippen LogP contribution in [-0.2, 0) is 4.79 Å². The molecule has 112 valence electrons. The molecule has 0 saturated carbocycles. The number of nitrogens with zero attached hydrogens (tertiary/aromatic N) is 2. The Kier molecular flexibility index (Phi) is 6.31. The Balaban J connectivity index is 0.000000861. The molecule has 2 fully saturated rings. The second-order valence-corrected chi connectivity index (χ2v) is 6.19. The minimum Gasteiger partial charge on any atom is -0.342 e. The Hall–Kier alpha value is -0.570. The molecule has 0 bridgehead atoms. The molecule has 2 heterocycles. The lowest BCUT2D eigenvalue weighted by Crippen LogP contribution is -2.60. The van der Waals surface area contributed by atoms with Gasteiger partial charge in [-0.3, -0.25) is 4.79 Å². The zero-order valence-electron chi connectivity index (χ0n) is 13.5. The van der Waals surface area contributed by atoms with E-state index in [9.17, 15) is 4.79 Å². The van der Waals surface area contributed by atoms with E-state index in [-0.39, 0.29) is 5.92 Å². The highest BCUT2D eigenvalue weighted by Crippen LogP contribution is 2.40. The standard InChI is InChI=1S/C14H26N2O.C2H6/c1-4-7-15-10-14(11-15)5-8-16(9-6-14)13(17)12(2)3;1-2/h12H,4-11H2,1-3H3;1-2H3. The van der Waals surface area contributed by atoms with Crippen molar-refractivity contribution in [3.8, 4) is 0 Å². The van der Waals surface area contributed by atoms with Gasteiger partial charge in [0.2, 0.25) is 5.91 Å². The number of carbonyl (C=O) groups excluding carboxylic acids is 1. The largest absolute Gasteiger partial charge is 0.342 e. The molecule has 19 heavy (non-hydrogen) atoms. The summed E-state index contributed by atoms with van der Waals surface area (Å²) in [6, 6.07) is 0. The molecule has 0 N–H and O–H groups in total. The Morgan fingerprint density at radius 1 is 1.16 bits per heavy atom. The molecule has 3 heteroatoms. The van der Waals surface area contributed by atoms with Gasteiger partial charge in [-0.05, 0) is 31.2 Å². The average Bonchev–Trinajstić information content (AvgIpc) is 2.39. The van der Waals surface area contributed by atoms with Gasteiger partial charge in [0.1, 0.15) is 0 Å². The zero-order valence-corrected chi connectivity index (χ0v) is 13.5. The molecule has 1 spiro atoms. The van der Waals surface area contributed by atoms with Crippen molar-refractivity contribution in [3.05, 3.63) is 0 Å². The second-order valence-electron chi connectivity index (χ2n) is 6.19. The fraction of sp³-hybridized carbons (Fsp3) is 0.938. The number of amides is 1.